The molecule has 1 aromatic carbocycles. The number of amides is 1. The number of nitrogens with one attached hydrogen (secondary N) is 1. The molecule has 1 amide bonds. The quantitative estimate of drug-likeness (QED) is 0.519. The van der Waals surface area contributed by atoms with Crippen LogP contribution in [-0.2, 0) is 20.1 Å². The van der Waals surface area contributed by atoms with E-state index in [-0.39, 0.29) is 46.1 Å². The van der Waals surface area contributed by atoms with Gasteiger partial charge in [-0.3, -0.25) is 28.1 Å². The molecule has 3 aromatic rings. The molecule has 0 saturated carbocycles. The Morgan fingerprint density at radius 1 is 0.971 bits per heavy atom. The van der Waals surface area contributed by atoms with Crippen molar-refractivity contribution in [1.82, 2.24) is 13.7 Å². The first-order chi connectivity index (χ1) is 16.2. The number of hydrogen-bond acceptors (Lipinski definition) is 6. The summed E-state index contributed by atoms with van der Waals surface area (Å²) in [5.74, 6) is -0.0975. The zero-order valence-electron chi connectivity index (χ0n) is 19.7. The van der Waals surface area contributed by atoms with Gasteiger partial charge in [-0.15, -0.1) is 0 Å². The molecule has 2 heterocycles. The van der Waals surface area contributed by atoms with Crippen LogP contribution >= 0.6 is 11.6 Å². The first-order valence-electron chi connectivity index (χ1n) is 10.8. The molecular weight excluding hydrogens is 464 g/mol. The fraction of sp³-hybridized carbons (Fsp3) is 0.391. The van der Waals surface area contributed by atoms with Crippen molar-refractivity contribution in [2.75, 3.05) is 19.5 Å². The Bertz CT molecular complexity index is 1440. The largest absolute Gasteiger partial charge is 0.495 e. The number of halogens is 1. The fourth-order valence-electron chi connectivity index (χ4n) is 3.87. The van der Waals surface area contributed by atoms with Gasteiger partial charge in [0.1, 0.15) is 17.1 Å². The molecule has 1 N–H and O–H groups in total. The lowest BCUT2D eigenvalue weighted by atomic mass is 10.1. The third kappa shape index (κ3) is 4.33. The molecule has 2 aromatic heterocycles. The van der Waals surface area contributed by atoms with Gasteiger partial charge in [-0.05, 0) is 18.9 Å². The number of anilines is 1. The normalized spacial score (nSPS) is 11.0. The summed E-state index contributed by atoms with van der Waals surface area (Å²) < 4.78 is 14.2. The maximum atomic E-state index is 13.4. The number of fused-ring (bicyclic) bond motifs is 1. The molecule has 0 aliphatic rings. The third-order valence-electron chi connectivity index (χ3n) is 5.44. The Kier molecular flexibility index (Phi) is 7.51. The van der Waals surface area contributed by atoms with Crippen LogP contribution in [0.3, 0.4) is 0 Å². The summed E-state index contributed by atoms with van der Waals surface area (Å²) in [5.41, 5.74) is -1.50. The highest BCUT2D eigenvalue weighted by atomic mass is 35.5. The fourth-order valence-corrected chi connectivity index (χ4v) is 4.11. The second-order valence-electron chi connectivity index (χ2n) is 7.69. The van der Waals surface area contributed by atoms with Crippen molar-refractivity contribution < 1.29 is 14.3 Å². The van der Waals surface area contributed by atoms with Gasteiger partial charge >= 0.3 is 5.69 Å². The third-order valence-corrected chi connectivity index (χ3v) is 5.73. The number of carbonyl (C=O) groups is 1. The lowest BCUT2D eigenvalue weighted by Gasteiger charge is -2.18. The van der Waals surface area contributed by atoms with Crippen LogP contribution in [0.15, 0.2) is 32.6 Å². The molecule has 10 nitrogen and oxygen atoms in total. The first-order valence-corrected chi connectivity index (χ1v) is 11.2. The summed E-state index contributed by atoms with van der Waals surface area (Å²) in [7, 11) is 4.34. The molecule has 0 fully saturated rings. The van der Waals surface area contributed by atoms with Crippen LogP contribution in [0.1, 0.15) is 37.0 Å². The summed E-state index contributed by atoms with van der Waals surface area (Å²) in [6.45, 7) is 4.16. The SMILES string of the molecule is CCCn1c(=O)c2c(C(=O)Nc3cc(Cl)c(OC)cc3OC)cc(=O)n(CCC)c2n(C)c1=O. The number of carbonyl (C=O) groups excluding carboxylic acids is 1. The van der Waals surface area contributed by atoms with Crippen LogP contribution in [0.2, 0.25) is 5.02 Å². The van der Waals surface area contributed by atoms with Crippen LogP contribution in [0, 0.1) is 0 Å². The molecule has 0 bridgehead atoms. The van der Waals surface area contributed by atoms with Gasteiger partial charge in [-0.1, -0.05) is 25.4 Å². The van der Waals surface area contributed by atoms with Crippen molar-refractivity contribution in [3.8, 4) is 11.5 Å². The Balaban J connectivity index is 2.32. The van der Waals surface area contributed by atoms with Crippen molar-refractivity contribution in [1.29, 1.82) is 0 Å². The minimum atomic E-state index is -0.718. The summed E-state index contributed by atoms with van der Waals surface area (Å²) in [6.07, 6.45) is 1.13. The van der Waals surface area contributed by atoms with Gasteiger partial charge in [0, 0.05) is 32.3 Å². The van der Waals surface area contributed by atoms with Crippen molar-refractivity contribution >= 4 is 34.2 Å². The number of nitrogens with zero attached hydrogens (tertiary/aromatic N) is 3. The van der Waals surface area contributed by atoms with E-state index in [0.29, 0.717) is 18.6 Å². The van der Waals surface area contributed by atoms with Gasteiger partial charge in [-0.2, -0.15) is 0 Å². The van der Waals surface area contributed by atoms with E-state index in [4.69, 9.17) is 21.1 Å². The number of hydrogen-bond donors (Lipinski definition) is 1. The molecular formula is C23H27ClN4O6. The standard InChI is InChI=1S/C23H27ClN4O6/c1-6-8-27-18(29)10-13(19-21(27)26(3)23(32)28(9-7-2)22(19)31)20(30)25-15-11-14(24)16(33-4)12-17(15)34-5/h10-12H,6-9H2,1-5H3,(H,25,30). The number of aromatic nitrogens is 3. The van der Waals surface area contributed by atoms with Crippen LogP contribution in [0.4, 0.5) is 5.69 Å². The minimum Gasteiger partial charge on any atom is -0.495 e. The molecule has 0 spiro atoms. The van der Waals surface area contributed by atoms with Crippen molar-refractivity contribution in [3.63, 3.8) is 0 Å². The summed E-state index contributed by atoms with van der Waals surface area (Å²) in [6, 6.07) is 4.07. The monoisotopic (exact) mass is 490 g/mol. The van der Waals surface area contributed by atoms with Crippen LogP contribution in [0.5, 0.6) is 11.5 Å². The van der Waals surface area contributed by atoms with Crippen LogP contribution < -0.4 is 31.6 Å². The second kappa shape index (κ2) is 10.2. The highest BCUT2D eigenvalue weighted by molar-refractivity contribution is 6.32. The highest BCUT2D eigenvalue weighted by Crippen LogP contribution is 2.36. The zero-order valence-corrected chi connectivity index (χ0v) is 20.5. The average Bonchev–Trinajstić information content (AvgIpc) is 2.81. The van der Waals surface area contributed by atoms with Gasteiger partial charge < -0.3 is 14.8 Å². The molecule has 0 saturated heterocycles. The van der Waals surface area contributed by atoms with Gasteiger partial charge in [0.2, 0.25) is 0 Å². The van der Waals surface area contributed by atoms with Gasteiger partial charge in [0.05, 0.1) is 35.9 Å². The molecule has 3 rings (SSSR count). The molecule has 182 valence electrons. The summed E-state index contributed by atoms with van der Waals surface area (Å²) in [4.78, 5) is 52.6. The first kappa shape index (κ1) is 25.1. The van der Waals surface area contributed by atoms with E-state index in [1.54, 1.807) is 0 Å². The number of ether oxygens (including phenoxy) is 2. The zero-order chi connectivity index (χ0) is 25.2. The Hall–Kier alpha value is -3.53. The van der Waals surface area contributed by atoms with E-state index in [0.717, 1.165) is 10.6 Å². The molecule has 0 radical (unpaired) electrons. The lowest BCUT2D eigenvalue weighted by Crippen LogP contribution is -2.42. The predicted molar refractivity (Wildman–Crippen MR) is 131 cm³/mol. The molecule has 11 heteroatoms. The number of rotatable bonds is 8. The van der Waals surface area contributed by atoms with E-state index in [1.807, 2.05) is 13.8 Å². The highest BCUT2D eigenvalue weighted by Gasteiger charge is 2.23. The smallest absolute Gasteiger partial charge is 0.332 e. The minimum absolute atomic E-state index is 0.0142. The second-order valence-corrected chi connectivity index (χ2v) is 8.09. The Morgan fingerprint density at radius 3 is 2.18 bits per heavy atom. The summed E-state index contributed by atoms with van der Waals surface area (Å²) >= 11 is 6.21. The van der Waals surface area contributed by atoms with Gasteiger partial charge in [-0.25, -0.2) is 4.79 Å². The predicted octanol–water partition coefficient (Wildman–Crippen LogP) is 2.60. The van der Waals surface area contributed by atoms with Crippen molar-refractivity contribution in [3.05, 3.63) is 60.0 Å². The van der Waals surface area contributed by atoms with Crippen LogP contribution in [-0.4, -0.2) is 33.8 Å². The van der Waals surface area contributed by atoms with Crippen molar-refractivity contribution in [2.45, 2.75) is 39.8 Å². The lowest BCUT2D eigenvalue weighted by molar-refractivity contribution is 0.102. The Morgan fingerprint density at radius 2 is 1.59 bits per heavy atom. The number of methoxy groups -OCH3 is 2. The van der Waals surface area contributed by atoms with E-state index in [2.05, 4.69) is 5.32 Å². The van der Waals surface area contributed by atoms with Gasteiger partial charge in [0.25, 0.3) is 17.0 Å². The van der Waals surface area contributed by atoms with Crippen molar-refractivity contribution in [2.24, 2.45) is 7.05 Å². The summed E-state index contributed by atoms with van der Waals surface area (Å²) in [5, 5.41) is 2.88. The van der Waals surface area contributed by atoms with E-state index in [9.17, 15) is 19.2 Å². The average molecular weight is 491 g/mol. The number of pyridine rings is 1. The van der Waals surface area contributed by atoms with E-state index >= 15 is 0 Å². The molecule has 0 atom stereocenters. The molecule has 0 aliphatic heterocycles. The molecule has 0 aliphatic carbocycles. The molecule has 34 heavy (non-hydrogen) atoms. The van der Waals surface area contributed by atoms with E-state index < -0.39 is 22.7 Å². The van der Waals surface area contributed by atoms with Crippen LogP contribution in [0.25, 0.3) is 11.0 Å². The number of benzene rings is 1. The van der Waals surface area contributed by atoms with Gasteiger partial charge in [0.15, 0.2) is 0 Å². The molecule has 0 unspecified atom stereocenters. The Labute approximate surface area is 200 Å². The number of aryl methyl sites for hydroxylation is 2. The maximum Gasteiger partial charge on any atom is 0.332 e. The van der Waals surface area contributed by atoms with E-state index in [1.165, 1.54) is 42.5 Å². The maximum absolute atomic E-state index is 13.4. The topological polar surface area (TPSA) is 114 Å².